The van der Waals surface area contributed by atoms with Crippen LogP contribution in [0.2, 0.25) is 0 Å². The Labute approximate surface area is 140 Å². The number of halogens is 2. The highest BCUT2D eigenvalue weighted by molar-refractivity contribution is 9.10. The predicted octanol–water partition coefficient (Wildman–Crippen LogP) is 3.97. The fraction of sp³-hybridized carbons (Fsp3) is 0.200. The molecule has 2 N–H and O–H groups in total. The summed E-state index contributed by atoms with van der Waals surface area (Å²) < 4.78 is 1.75. The summed E-state index contributed by atoms with van der Waals surface area (Å²) in [5, 5.41) is 6.00. The van der Waals surface area contributed by atoms with Crippen molar-refractivity contribution in [1.29, 1.82) is 0 Å². The van der Waals surface area contributed by atoms with E-state index in [1.54, 1.807) is 12.3 Å². The minimum atomic E-state index is -0.157. The molecule has 2 rings (SSSR count). The van der Waals surface area contributed by atoms with E-state index in [4.69, 9.17) is 0 Å². The number of nitrogens with zero attached hydrogens (tertiary/aromatic N) is 1. The Morgan fingerprint density at radius 2 is 2.05 bits per heavy atom. The highest BCUT2D eigenvalue weighted by atomic mass is 79.9. The van der Waals surface area contributed by atoms with Crippen LogP contribution >= 0.6 is 31.9 Å². The van der Waals surface area contributed by atoms with Crippen LogP contribution in [0.4, 0.5) is 5.82 Å². The second-order valence-corrected chi connectivity index (χ2v) is 6.12. The van der Waals surface area contributed by atoms with Crippen LogP contribution in [0.15, 0.2) is 45.5 Å². The smallest absolute Gasteiger partial charge is 0.255 e. The van der Waals surface area contributed by atoms with Gasteiger partial charge in [0.15, 0.2) is 0 Å². The lowest BCUT2D eigenvalue weighted by Gasteiger charge is -2.11. The van der Waals surface area contributed by atoms with Crippen LogP contribution in [0.25, 0.3) is 0 Å². The second kappa shape index (κ2) is 7.56. The molecule has 1 amide bonds. The zero-order chi connectivity index (χ0) is 15.2. The zero-order valence-electron chi connectivity index (χ0n) is 11.5. The Bertz CT molecular complexity index is 647. The van der Waals surface area contributed by atoms with Crippen molar-refractivity contribution in [1.82, 2.24) is 10.3 Å². The third-order valence-corrected chi connectivity index (χ3v) is 4.05. The quantitative estimate of drug-likeness (QED) is 0.781. The van der Waals surface area contributed by atoms with E-state index >= 15 is 0 Å². The van der Waals surface area contributed by atoms with Gasteiger partial charge in [-0.1, -0.05) is 34.1 Å². The van der Waals surface area contributed by atoms with Crippen molar-refractivity contribution in [2.75, 3.05) is 11.9 Å². The molecule has 0 aliphatic heterocycles. The molecule has 1 aromatic carbocycles. The SMILES string of the molecule is CCNc1ncc(Br)cc1C(=O)NCc1ccccc1Br. The fourth-order valence-electron chi connectivity index (χ4n) is 1.83. The molecule has 0 atom stereocenters. The average Bonchev–Trinajstić information content (AvgIpc) is 2.48. The summed E-state index contributed by atoms with van der Waals surface area (Å²) in [7, 11) is 0. The molecule has 1 aromatic heterocycles. The number of carbonyl (C=O) groups excluding carboxylic acids is 1. The van der Waals surface area contributed by atoms with Gasteiger partial charge in [0, 0.05) is 28.2 Å². The number of hydrogen-bond acceptors (Lipinski definition) is 3. The van der Waals surface area contributed by atoms with Gasteiger partial charge in [-0.15, -0.1) is 0 Å². The Morgan fingerprint density at radius 3 is 2.76 bits per heavy atom. The molecule has 6 heteroatoms. The topological polar surface area (TPSA) is 54.0 Å². The van der Waals surface area contributed by atoms with Crippen LogP contribution in [0.1, 0.15) is 22.8 Å². The maximum absolute atomic E-state index is 12.3. The van der Waals surface area contributed by atoms with Gasteiger partial charge in [0.2, 0.25) is 0 Å². The van der Waals surface area contributed by atoms with E-state index in [-0.39, 0.29) is 5.91 Å². The summed E-state index contributed by atoms with van der Waals surface area (Å²) in [6.07, 6.45) is 1.67. The number of carbonyl (C=O) groups is 1. The predicted molar refractivity (Wildman–Crippen MR) is 91.4 cm³/mol. The van der Waals surface area contributed by atoms with Crippen molar-refractivity contribution in [3.8, 4) is 0 Å². The first-order chi connectivity index (χ1) is 10.1. The standard InChI is InChI=1S/C15H15Br2N3O/c1-2-18-14-12(7-11(16)9-19-14)15(21)20-8-10-5-3-4-6-13(10)17/h3-7,9H,2,8H2,1H3,(H,18,19)(H,20,21). The molecule has 21 heavy (non-hydrogen) atoms. The zero-order valence-corrected chi connectivity index (χ0v) is 14.7. The van der Waals surface area contributed by atoms with Crippen LogP contribution in [0, 0.1) is 0 Å². The molecule has 2 aromatic rings. The summed E-state index contributed by atoms with van der Waals surface area (Å²) in [5.74, 6) is 0.431. The van der Waals surface area contributed by atoms with Crippen molar-refractivity contribution in [2.45, 2.75) is 13.5 Å². The number of nitrogens with one attached hydrogen (secondary N) is 2. The van der Waals surface area contributed by atoms with E-state index in [0.717, 1.165) is 14.5 Å². The van der Waals surface area contributed by atoms with E-state index in [1.807, 2.05) is 31.2 Å². The normalized spacial score (nSPS) is 10.2. The van der Waals surface area contributed by atoms with Crippen molar-refractivity contribution >= 4 is 43.6 Å². The molecule has 0 spiro atoms. The lowest BCUT2D eigenvalue weighted by molar-refractivity contribution is 0.0951. The van der Waals surface area contributed by atoms with Gasteiger partial charge in [0.25, 0.3) is 5.91 Å². The molecule has 0 bridgehead atoms. The number of aromatic nitrogens is 1. The van der Waals surface area contributed by atoms with Gasteiger partial charge in [-0.05, 0) is 40.5 Å². The third kappa shape index (κ3) is 4.28. The molecular weight excluding hydrogens is 398 g/mol. The number of pyridine rings is 1. The van der Waals surface area contributed by atoms with E-state index in [9.17, 15) is 4.79 Å². The third-order valence-electron chi connectivity index (χ3n) is 2.84. The van der Waals surface area contributed by atoms with Gasteiger partial charge in [0.05, 0.1) is 5.56 Å². The Morgan fingerprint density at radius 1 is 1.29 bits per heavy atom. The molecule has 110 valence electrons. The van der Waals surface area contributed by atoms with Crippen LogP contribution in [0.5, 0.6) is 0 Å². The first-order valence-corrected chi connectivity index (χ1v) is 8.11. The summed E-state index contributed by atoms with van der Waals surface area (Å²) in [6, 6.07) is 9.56. The summed E-state index contributed by atoms with van der Waals surface area (Å²) in [4.78, 5) is 16.6. The molecular formula is C15H15Br2N3O. The van der Waals surface area contributed by atoms with Crippen LogP contribution < -0.4 is 10.6 Å². The summed E-state index contributed by atoms with van der Waals surface area (Å²) in [5.41, 5.74) is 1.55. The van der Waals surface area contributed by atoms with Crippen LogP contribution in [0.3, 0.4) is 0 Å². The molecule has 4 nitrogen and oxygen atoms in total. The lowest BCUT2D eigenvalue weighted by atomic mass is 10.2. The Balaban J connectivity index is 2.13. The van der Waals surface area contributed by atoms with Gasteiger partial charge >= 0.3 is 0 Å². The monoisotopic (exact) mass is 411 g/mol. The first kappa shape index (κ1) is 16.0. The first-order valence-electron chi connectivity index (χ1n) is 6.53. The Hall–Kier alpha value is -1.40. The van der Waals surface area contributed by atoms with Crippen LogP contribution in [-0.4, -0.2) is 17.4 Å². The average molecular weight is 413 g/mol. The summed E-state index contributed by atoms with van der Waals surface area (Å²) >= 11 is 6.82. The maximum Gasteiger partial charge on any atom is 0.255 e. The van der Waals surface area contributed by atoms with Crippen molar-refractivity contribution < 1.29 is 4.79 Å². The molecule has 0 fully saturated rings. The number of hydrogen-bond donors (Lipinski definition) is 2. The minimum absolute atomic E-state index is 0.157. The number of amides is 1. The highest BCUT2D eigenvalue weighted by Gasteiger charge is 2.13. The van der Waals surface area contributed by atoms with E-state index in [2.05, 4.69) is 47.5 Å². The number of rotatable bonds is 5. The van der Waals surface area contributed by atoms with Gasteiger partial charge in [0.1, 0.15) is 5.82 Å². The Kier molecular flexibility index (Phi) is 5.76. The molecule has 0 aliphatic rings. The number of benzene rings is 1. The molecule has 0 saturated heterocycles. The van der Waals surface area contributed by atoms with Crippen LogP contribution in [-0.2, 0) is 6.54 Å². The fourth-order valence-corrected chi connectivity index (χ4v) is 2.59. The van der Waals surface area contributed by atoms with Crippen molar-refractivity contribution in [3.05, 3.63) is 56.6 Å². The highest BCUT2D eigenvalue weighted by Crippen LogP contribution is 2.19. The van der Waals surface area contributed by atoms with Crippen molar-refractivity contribution in [2.24, 2.45) is 0 Å². The molecule has 1 heterocycles. The molecule has 0 saturated carbocycles. The maximum atomic E-state index is 12.3. The van der Waals surface area contributed by atoms with Gasteiger partial charge in [-0.2, -0.15) is 0 Å². The van der Waals surface area contributed by atoms with E-state index in [0.29, 0.717) is 24.5 Å². The second-order valence-electron chi connectivity index (χ2n) is 4.35. The molecule has 0 radical (unpaired) electrons. The van der Waals surface area contributed by atoms with Gasteiger partial charge < -0.3 is 10.6 Å². The van der Waals surface area contributed by atoms with Gasteiger partial charge in [-0.25, -0.2) is 4.98 Å². The summed E-state index contributed by atoms with van der Waals surface area (Å²) in [6.45, 7) is 3.13. The van der Waals surface area contributed by atoms with E-state index < -0.39 is 0 Å². The minimum Gasteiger partial charge on any atom is -0.370 e. The lowest BCUT2D eigenvalue weighted by Crippen LogP contribution is -2.24. The van der Waals surface area contributed by atoms with Crippen molar-refractivity contribution in [3.63, 3.8) is 0 Å². The largest absolute Gasteiger partial charge is 0.370 e. The number of anilines is 1. The molecule has 0 unspecified atom stereocenters. The molecule has 0 aliphatic carbocycles. The van der Waals surface area contributed by atoms with Gasteiger partial charge in [-0.3, -0.25) is 4.79 Å². The van der Waals surface area contributed by atoms with E-state index in [1.165, 1.54) is 0 Å².